The number of hydrogen-bond donors (Lipinski definition) is 0. The molecule has 5 nitrogen and oxygen atoms in total. The molecule has 0 unspecified atom stereocenters. The first kappa shape index (κ1) is 12.1. The molecular formula is C11H15N5. The summed E-state index contributed by atoms with van der Waals surface area (Å²) in [6, 6.07) is 2.09. The SMILES string of the molecule is C=CCn1nnc(C(C#N)=CC(C)(C)C)n1. The summed E-state index contributed by atoms with van der Waals surface area (Å²) in [5.74, 6) is 0.360. The summed E-state index contributed by atoms with van der Waals surface area (Å²) in [6.45, 7) is 10.1. The first-order valence-electron chi connectivity index (χ1n) is 4.98. The number of aromatic nitrogens is 4. The number of allylic oxidation sites excluding steroid dienone is 3. The van der Waals surface area contributed by atoms with Crippen LogP contribution >= 0.6 is 0 Å². The Bertz CT molecular complexity index is 442. The van der Waals surface area contributed by atoms with E-state index in [-0.39, 0.29) is 5.41 Å². The van der Waals surface area contributed by atoms with Gasteiger partial charge in [-0.3, -0.25) is 0 Å². The standard InChI is InChI=1S/C11H15N5/c1-5-6-16-14-10(13-15-16)9(8-12)7-11(2,3)4/h5,7H,1,6H2,2-4H3. The Morgan fingerprint density at radius 2 is 2.25 bits per heavy atom. The van der Waals surface area contributed by atoms with E-state index < -0.39 is 0 Å². The molecule has 1 heterocycles. The van der Waals surface area contributed by atoms with Gasteiger partial charge in [-0.2, -0.15) is 10.1 Å². The molecule has 1 rings (SSSR count). The molecule has 0 N–H and O–H groups in total. The highest BCUT2D eigenvalue weighted by atomic mass is 15.6. The number of rotatable bonds is 3. The van der Waals surface area contributed by atoms with Crippen molar-refractivity contribution in [2.75, 3.05) is 0 Å². The Balaban J connectivity index is 3.01. The average Bonchev–Trinajstić information content (AvgIpc) is 2.62. The van der Waals surface area contributed by atoms with Gasteiger partial charge in [0.25, 0.3) is 0 Å². The molecule has 0 saturated heterocycles. The normalized spacial score (nSPS) is 12.2. The van der Waals surface area contributed by atoms with Gasteiger partial charge in [-0.1, -0.05) is 32.9 Å². The van der Waals surface area contributed by atoms with Crippen LogP contribution in [0.15, 0.2) is 18.7 Å². The van der Waals surface area contributed by atoms with Crippen LogP contribution in [-0.4, -0.2) is 20.2 Å². The summed E-state index contributed by atoms with van der Waals surface area (Å²) in [7, 11) is 0. The van der Waals surface area contributed by atoms with Crippen molar-refractivity contribution in [3.05, 3.63) is 24.6 Å². The minimum absolute atomic E-state index is 0.0883. The molecule has 0 aromatic carbocycles. The molecule has 0 atom stereocenters. The lowest BCUT2D eigenvalue weighted by atomic mass is 9.93. The lowest BCUT2D eigenvalue weighted by Gasteiger charge is -2.11. The van der Waals surface area contributed by atoms with Crippen molar-refractivity contribution in [2.24, 2.45) is 5.41 Å². The van der Waals surface area contributed by atoms with E-state index in [2.05, 4.69) is 28.1 Å². The third kappa shape index (κ3) is 3.31. The molecule has 0 fully saturated rings. The van der Waals surface area contributed by atoms with E-state index in [4.69, 9.17) is 5.26 Å². The number of hydrogen-bond acceptors (Lipinski definition) is 4. The Morgan fingerprint density at radius 3 is 2.75 bits per heavy atom. The van der Waals surface area contributed by atoms with Crippen LogP contribution in [0.4, 0.5) is 0 Å². The van der Waals surface area contributed by atoms with Gasteiger partial charge in [0.2, 0.25) is 5.82 Å². The molecule has 0 amide bonds. The predicted octanol–water partition coefficient (Wildman–Crippen LogP) is 1.81. The number of tetrazole rings is 1. The van der Waals surface area contributed by atoms with Crippen LogP contribution in [0.5, 0.6) is 0 Å². The van der Waals surface area contributed by atoms with Gasteiger partial charge < -0.3 is 0 Å². The molecule has 0 aliphatic rings. The van der Waals surface area contributed by atoms with Gasteiger partial charge in [0, 0.05) is 0 Å². The zero-order valence-electron chi connectivity index (χ0n) is 9.80. The van der Waals surface area contributed by atoms with Crippen molar-refractivity contribution in [3.8, 4) is 6.07 Å². The van der Waals surface area contributed by atoms with E-state index in [1.807, 2.05) is 26.8 Å². The van der Waals surface area contributed by atoms with Crippen molar-refractivity contribution < 1.29 is 0 Å². The molecule has 0 bridgehead atoms. The minimum atomic E-state index is -0.0883. The molecular weight excluding hydrogens is 202 g/mol. The highest BCUT2D eigenvalue weighted by Crippen LogP contribution is 2.20. The van der Waals surface area contributed by atoms with Gasteiger partial charge in [-0.15, -0.1) is 16.8 Å². The second kappa shape index (κ2) is 4.71. The third-order valence-electron chi connectivity index (χ3n) is 1.68. The van der Waals surface area contributed by atoms with E-state index in [0.29, 0.717) is 17.9 Å². The summed E-state index contributed by atoms with van der Waals surface area (Å²) in [4.78, 5) is 1.40. The molecule has 0 saturated carbocycles. The van der Waals surface area contributed by atoms with Gasteiger partial charge in [0.1, 0.15) is 6.07 Å². The molecule has 0 aliphatic heterocycles. The maximum Gasteiger partial charge on any atom is 0.215 e. The van der Waals surface area contributed by atoms with Crippen LogP contribution in [-0.2, 0) is 6.54 Å². The van der Waals surface area contributed by atoms with E-state index in [1.165, 1.54) is 4.80 Å². The fraction of sp³-hybridized carbons (Fsp3) is 0.455. The van der Waals surface area contributed by atoms with Gasteiger partial charge in [-0.25, -0.2) is 0 Å². The summed E-state index contributed by atoms with van der Waals surface area (Å²) in [5, 5.41) is 20.8. The zero-order valence-corrected chi connectivity index (χ0v) is 9.80. The van der Waals surface area contributed by atoms with Crippen LogP contribution in [0.2, 0.25) is 0 Å². The molecule has 0 aliphatic carbocycles. The smallest absolute Gasteiger partial charge is 0.192 e. The Labute approximate surface area is 95.1 Å². The minimum Gasteiger partial charge on any atom is -0.192 e. The van der Waals surface area contributed by atoms with Crippen LogP contribution in [0.25, 0.3) is 5.57 Å². The Morgan fingerprint density at radius 1 is 1.56 bits per heavy atom. The van der Waals surface area contributed by atoms with Crippen LogP contribution in [0.1, 0.15) is 26.6 Å². The largest absolute Gasteiger partial charge is 0.215 e. The lowest BCUT2D eigenvalue weighted by molar-refractivity contribution is 0.545. The van der Waals surface area contributed by atoms with E-state index in [0.717, 1.165) is 0 Å². The Kier molecular flexibility index (Phi) is 3.56. The molecule has 16 heavy (non-hydrogen) atoms. The monoisotopic (exact) mass is 217 g/mol. The van der Waals surface area contributed by atoms with Crippen LogP contribution in [0, 0.1) is 16.7 Å². The van der Waals surface area contributed by atoms with Gasteiger partial charge in [0.05, 0.1) is 12.1 Å². The Hall–Kier alpha value is -1.96. The highest BCUT2D eigenvalue weighted by molar-refractivity contribution is 5.72. The molecule has 0 spiro atoms. The van der Waals surface area contributed by atoms with Crippen molar-refractivity contribution >= 4 is 5.57 Å². The van der Waals surface area contributed by atoms with Gasteiger partial charge in [-0.05, 0) is 10.6 Å². The quantitative estimate of drug-likeness (QED) is 0.572. The third-order valence-corrected chi connectivity index (χ3v) is 1.68. The first-order chi connectivity index (χ1) is 7.46. The lowest BCUT2D eigenvalue weighted by Crippen LogP contribution is -2.02. The van der Waals surface area contributed by atoms with Crippen molar-refractivity contribution in [1.29, 1.82) is 5.26 Å². The second-order valence-electron chi connectivity index (χ2n) is 4.49. The van der Waals surface area contributed by atoms with E-state index in [1.54, 1.807) is 6.08 Å². The van der Waals surface area contributed by atoms with E-state index in [9.17, 15) is 0 Å². The predicted molar refractivity (Wildman–Crippen MR) is 61.1 cm³/mol. The highest BCUT2D eigenvalue weighted by Gasteiger charge is 2.13. The van der Waals surface area contributed by atoms with Crippen molar-refractivity contribution in [2.45, 2.75) is 27.3 Å². The van der Waals surface area contributed by atoms with Gasteiger partial charge >= 0.3 is 0 Å². The van der Waals surface area contributed by atoms with E-state index >= 15 is 0 Å². The van der Waals surface area contributed by atoms with Crippen LogP contribution < -0.4 is 0 Å². The zero-order chi connectivity index (χ0) is 12.2. The fourth-order valence-corrected chi connectivity index (χ4v) is 1.12. The van der Waals surface area contributed by atoms with Crippen LogP contribution in [0.3, 0.4) is 0 Å². The maximum atomic E-state index is 9.03. The first-order valence-corrected chi connectivity index (χ1v) is 4.98. The van der Waals surface area contributed by atoms with Crippen molar-refractivity contribution in [3.63, 3.8) is 0 Å². The summed E-state index contributed by atoms with van der Waals surface area (Å²) in [5.41, 5.74) is 0.359. The molecule has 1 aromatic rings. The topological polar surface area (TPSA) is 67.4 Å². The molecule has 1 aromatic heterocycles. The molecule has 0 radical (unpaired) electrons. The second-order valence-corrected chi connectivity index (χ2v) is 4.49. The summed E-state index contributed by atoms with van der Waals surface area (Å²) < 4.78 is 0. The maximum absolute atomic E-state index is 9.03. The van der Waals surface area contributed by atoms with Crippen molar-refractivity contribution in [1.82, 2.24) is 20.2 Å². The number of nitriles is 1. The number of nitrogens with zero attached hydrogens (tertiary/aromatic N) is 5. The molecule has 84 valence electrons. The summed E-state index contributed by atoms with van der Waals surface area (Å²) >= 11 is 0. The molecule has 5 heteroatoms. The summed E-state index contributed by atoms with van der Waals surface area (Å²) in [6.07, 6.45) is 3.51. The average molecular weight is 217 g/mol. The van der Waals surface area contributed by atoms with Gasteiger partial charge in [0.15, 0.2) is 0 Å². The fourth-order valence-electron chi connectivity index (χ4n) is 1.12.